The molecule has 0 rings (SSSR count). The van der Waals surface area contributed by atoms with Gasteiger partial charge in [0.25, 0.3) is 0 Å². The first-order valence-electron chi connectivity index (χ1n) is 4.68. The largest absolute Gasteiger partial charge is 0.317 e. The first-order chi connectivity index (χ1) is 6.02. The highest BCUT2D eigenvalue weighted by Gasteiger charge is 2.23. The van der Waals surface area contributed by atoms with Crippen molar-refractivity contribution in [2.24, 2.45) is 11.3 Å². The fourth-order valence-corrected chi connectivity index (χ4v) is 1.62. The summed E-state index contributed by atoms with van der Waals surface area (Å²) in [6.45, 7) is 21.2. The Balaban J connectivity index is 3.88. The van der Waals surface area contributed by atoms with Crippen LogP contribution in [0, 0.1) is 24.5 Å². The van der Waals surface area contributed by atoms with Gasteiger partial charge in [-0.3, -0.25) is 0 Å². The molecule has 0 spiro atoms. The summed E-state index contributed by atoms with van der Waals surface area (Å²) in [5, 5.41) is 0. The Labute approximate surface area is 81.6 Å². The zero-order chi connectivity index (χ0) is 10.3. The van der Waals surface area contributed by atoms with Gasteiger partial charge in [-0.1, -0.05) is 20.8 Å². The molecule has 0 saturated heterocycles. The minimum absolute atomic E-state index is 0.217. The second-order valence-electron chi connectivity index (χ2n) is 4.45. The molecule has 2 heteroatoms. The van der Waals surface area contributed by atoms with Gasteiger partial charge in [-0.25, -0.2) is 13.1 Å². The van der Waals surface area contributed by atoms with E-state index in [1.165, 1.54) is 0 Å². The lowest BCUT2D eigenvalue weighted by atomic mass is 9.81. The summed E-state index contributed by atoms with van der Waals surface area (Å²) in [5.41, 5.74) is 0.217. The van der Waals surface area contributed by atoms with Crippen LogP contribution in [-0.2, 0) is 0 Å². The quantitative estimate of drug-likeness (QED) is 0.571. The van der Waals surface area contributed by atoms with E-state index in [1.54, 1.807) is 0 Å². The van der Waals surface area contributed by atoms with Crippen molar-refractivity contribution < 1.29 is 0 Å². The van der Waals surface area contributed by atoms with Gasteiger partial charge < -0.3 is 9.69 Å². The normalized spacial score (nSPS) is 13.0. The average Bonchev–Trinajstić information content (AvgIpc) is 2.00. The molecule has 0 aromatic carbocycles. The Hall–Kier alpha value is -1.02. The molecule has 0 amide bonds. The lowest BCUT2D eigenvalue weighted by Crippen LogP contribution is -2.17. The molecule has 0 saturated carbocycles. The number of hydrogen-bond acceptors (Lipinski definition) is 0. The maximum atomic E-state index is 6.76. The molecule has 0 N–H and O–H groups in total. The molecule has 0 aromatic heterocycles. The highest BCUT2D eigenvalue weighted by atomic mass is 14.6. The predicted molar refractivity (Wildman–Crippen MR) is 55.1 cm³/mol. The van der Waals surface area contributed by atoms with Crippen LogP contribution in [0.3, 0.4) is 0 Å². The Bertz CT molecular complexity index is 217. The van der Waals surface area contributed by atoms with E-state index in [1.807, 2.05) is 0 Å². The van der Waals surface area contributed by atoms with Gasteiger partial charge in [0.1, 0.15) is 0 Å². The van der Waals surface area contributed by atoms with Gasteiger partial charge in [0, 0.05) is 12.3 Å². The molecular weight excluding hydrogens is 160 g/mol. The molecule has 0 aliphatic carbocycles. The molecule has 0 aliphatic heterocycles. The maximum absolute atomic E-state index is 6.76. The summed E-state index contributed by atoms with van der Waals surface area (Å²) < 4.78 is 0. The van der Waals surface area contributed by atoms with E-state index in [2.05, 4.69) is 30.5 Å². The summed E-state index contributed by atoms with van der Waals surface area (Å²) in [7, 11) is 0. The van der Waals surface area contributed by atoms with Gasteiger partial charge in [0.2, 0.25) is 13.1 Å². The van der Waals surface area contributed by atoms with Crippen LogP contribution < -0.4 is 0 Å². The predicted octanol–water partition coefficient (Wildman–Crippen LogP) is 3.27. The Kier molecular flexibility index (Phi) is 5.16. The van der Waals surface area contributed by atoms with E-state index in [9.17, 15) is 0 Å². The van der Waals surface area contributed by atoms with E-state index >= 15 is 0 Å². The van der Waals surface area contributed by atoms with Crippen molar-refractivity contribution >= 4 is 0 Å². The van der Waals surface area contributed by atoms with Crippen molar-refractivity contribution in [1.82, 2.24) is 0 Å². The first-order valence-corrected chi connectivity index (χ1v) is 4.68. The smallest absolute Gasteiger partial charge is 0.217 e. The van der Waals surface area contributed by atoms with E-state index in [-0.39, 0.29) is 5.41 Å². The molecule has 2 nitrogen and oxygen atoms in total. The highest BCUT2D eigenvalue weighted by Crippen LogP contribution is 2.29. The minimum Gasteiger partial charge on any atom is -0.317 e. The monoisotopic (exact) mass is 178 g/mol. The summed E-state index contributed by atoms with van der Waals surface area (Å²) in [5.74, 6) is 0.457. The SMILES string of the molecule is [C-]#[N+]CCC(C)(C)CC(C)C[N+]#[C-]. The molecule has 0 bridgehead atoms. The van der Waals surface area contributed by atoms with Crippen molar-refractivity contribution in [3.05, 3.63) is 22.8 Å². The third-order valence-electron chi connectivity index (χ3n) is 2.20. The standard InChI is InChI=1S/C11H18N2/c1-10(9-13-5)8-11(2,3)6-7-12-4/h10H,6-9H2,1-3H3. The fourth-order valence-electron chi connectivity index (χ4n) is 1.62. The van der Waals surface area contributed by atoms with Gasteiger partial charge in [0.05, 0.1) is 0 Å². The molecule has 1 atom stereocenters. The Morgan fingerprint density at radius 2 is 1.85 bits per heavy atom. The van der Waals surface area contributed by atoms with Crippen LogP contribution in [0.4, 0.5) is 0 Å². The zero-order valence-corrected chi connectivity index (χ0v) is 8.80. The molecule has 0 heterocycles. The first kappa shape index (κ1) is 12.0. The molecule has 0 radical (unpaired) electrons. The van der Waals surface area contributed by atoms with Crippen molar-refractivity contribution in [3.8, 4) is 0 Å². The third kappa shape index (κ3) is 6.17. The van der Waals surface area contributed by atoms with E-state index < -0.39 is 0 Å². The third-order valence-corrected chi connectivity index (χ3v) is 2.20. The van der Waals surface area contributed by atoms with Crippen LogP contribution in [-0.4, -0.2) is 13.1 Å². The second-order valence-corrected chi connectivity index (χ2v) is 4.45. The average molecular weight is 178 g/mol. The Morgan fingerprint density at radius 3 is 2.31 bits per heavy atom. The van der Waals surface area contributed by atoms with Crippen LogP contribution in [0.15, 0.2) is 0 Å². The Morgan fingerprint density at radius 1 is 1.23 bits per heavy atom. The molecule has 0 aliphatic rings. The molecule has 72 valence electrons. The van der Waals surface area contributed by atoms with E-state index in [0.717, 1.165) is 12.8 Å². The van der Waals surface area contributed by atoms with Crippen LogP contribution >= 0.6 is 0 Å². The van der Waals surface area contributed by atoms with Gasteiger partial charge in [-0.15, -0.1) is 0 Å². The van der Waals surface area contributed by atoms with Gasteiger partial charge in [-0.05, 0) is 11.8 Å². The van der Waals surface area contributed by atoms with Crippen LogP contribution in [0.25, 0.3) is 9.69 Å². The second kappa shape index (κ2) is 5.60. The highest BCUT2D eigenvalue weighted by molar-refractivity contribution is 4.78. The molecule has 13 heavy (non-hydrogen) atoms. The lowest BCUT2D eigenvalue weighted by molar-refractivity contribution is 0.273. The number of nitrogens with zero attached hydrogens (tertiary/aromatic N) is 2. The van der Waals surface area contributed by atoms with Crippen LogP contribution in [0.2, 0.25) is 0 Å². The van der Waals surface area contributed by atoms with E-state index in [4.69, 9.17) is 13.1 Å². The fraction of sp³-hybridized carbons (Fsp3) is 0.818. The molecule has 1 unspecified atom stereocenters. The summed E-state index contributed by atoms with van der Waals surface area (Å²) in [4.78, 5) is 6.75. The summed E-state index contributed by atoms with van der Waals surface area (Å²) in [6, 6.07) is 0. The molecular formula is C11H18N2. The van der Waals surface area contributed by atoms with Crippen LogP contribution in [0.5, 0.6) is 0 Å². The molecule has 0 fully saturated rings. The maximum Gasteiger partial charge on any atom is 0.217 e. The van der Waals surface area contributed by atoms with Crippen molar-refractivity contribution in [1.29, 1.82) is 0 Å². The number of rotatable bonds is 5. The molecule has 0 aromatic rings. The van der Waals surface area contributed by atoms with Crippen molar-refractivity contribution in [2.75, 3.05) is 13.1 Å². The summed E-state index contributed by atoms with van der Waals surface area (Å²) in [6.07, 6.45) is 1.99. The topological polar surface area (TPSA) is 8.72 Å². The van der Waals surface area contributed by atoms with Gasteiger partial charge in [-0.2, -0.15) is 0 Å². The van der Waals surface area contributed by atoms with E-state index in [0.29, 0.717) is 19.0 Å². The summed E-state index contributed by atoms with van der Waals surface area (Å²) >= 11 is 0. The van der Waals surface area contributed by atoms with Gasteiger partial charge in [0.15, 0.2) is 0 Å². The van der Waals surface area contributed by atoms with Gasteiger partial charge >= 0.3 is 0 Å². The number of hydrogen-bond donors (Lipinski definition) is 0. The minimum atomic E-state index is 0.217. The van der Waals surface area contributed by atoms with Crippen molar-refractivity contribution in [2.45, 2.75) is 33.6 Å². The zero-order valence-electron chi connectivity index (χ0n) is 8.80. The lowest BCUT2D eigenvalue weighted by Gasteiger charge is -2.23. The van der Waals surface area contributed by atoms with Crippen molar-refractivity contribution in [3.63, 3.8) is 0 Å². The van der Waals surface area contributed by atoms with Crippen LogP contribution in [0.1, 0.15) is 33.6 Å².